The van der Waals surface area contributed by atoms with Gasteiger partial charge in [0, 0.05) is 11.6 Å². The molecule has 0 aliphatic carbocycles. The second-order valence-corrected chi connectivity index (χ2v) is 6.11. The summed E-state index contributed by atoms with van der Waals surface area (Å²) in [4.78, 5) is 11.7. The van der Waals surface area contributed by atoms with E-state index in [0.29, 0.717) is 36.0 Å². The molecule has 0 radical (unpaired) electrons. The Labute approximate surface area is 159 Å². The first-order valence-electron chi connectivity index (χ1n) is 8.73. The van der Waals surface area contributed by atoms with Crippen molar-refractivity contribution in [2.75, 3.05) is 7.11 Å². The van der Waals surface area contributed by atoms with Crippen LogP contribution >= 0.6 is 0 Å². The van der Waals surface area contributed by atoms with Gasteiger partial charge in [0.15, 0.2) is 6.29 Å². The van der Waals surface area contributed by atoms with E-state index in [-0.39, 0.29) is 0 Å². The molecule has 0 saturated heterocycles. The van der Waals surface area contributed by atoms with Crippen LogP contribution in [-0.4, -0.2) is 13.4 Å². The van der Waals surface area contributed by atoms with Gasteiger partial charge >= 0.3 is 0 Å². The molecule has 4 heteroatoms. The maximum Gasteiger partial charge on any atom is 0.157 e. The Morgan fingerprint density at radius 1 is 0.815 bits per heavy atom. The zero-order valence-electron chi connectivity index (χ0n) is 15.5. The van der Waals surface area contributed by atoms with Crippen LogP contribution in [-0.2, 0) is 13.2 Å². The Morgan fingerprint density at radius 3 is 1.81 bits per heavy atom. The highest BCUT2D eigenvalue weighted by molar-refractivity contribution is 5.85. The summed E-state index contributed by atoms with van der Waals surface area (Å²) < 4.78 is 17.4. The first-order valence-corrected chi connectivity index (χ1v) is 8.73. The van der Waals surface area contributed by atoms with Crippen LogP contribution in [0.1, 0.15) is 27.0 Å². The van der Waals surface area contributed by atoms with E-state index >= 15 is 0 Å². The minimum absolute atomic E-state index is 0.353. The van der Waals surface area contributed by atoms with Crippen molar-refractivity contribution >= 4 is 6.29 Å². The predicted molar refractivity (Wildman–Crippen MR) is 105 cm³/mol. The van der Waals surface area contributed by atoms with Gasteiger partial charge < -0.3 is 14.2 Å². The van der Waals surface area contributed by atoms with E-state index in [1.54, 1.807) is 6.07 Å². The molecule has 0 aliphatic rings. The van der Waals surface area contributed by atoms with E-state index in [2.05, 4.69) is 0 Å². The fourth-order valence-corrected chi connectivity index (χ4v) is 2.85. The lowest BCUT2D eigenvalue weighted by atomic mass is 10.1. The molecule has 0 amide bonds. The van der Waals surface area contributed by atoms with Crippen LogP contribution in [0.25, 0.3) is 0 Å². The largest absolute Gasteiger partial charge is 0.495 e. The summed E-state index contributed by atoms with van der Waals surface area (Å²) in [6, 6.07) is 21.4. The summed E-state index contributed by atoms with van der Waals surface area (Å²) in [5.41, 5.74) is 3.23. The number of methoxy groups -OCH3 is 1. The number of rotatable bonds is 8. The highest BCUT2D eigenvalue weighted by Crippen LogP contribution is 2.38. The van der Waals surface area contributed by atoms with Gasteiger partial charge in [-0.1, -0.05) is 60.7 Å². The lowest BCUT2D eigenvalue weighted by Gasteiger charge is -2.18. The van der Waals surface area contributed by atoms with Crippen molar-refractivity contribution in [3.63, 3.8) is 0 Å². The molecule has 0 spiro atoms. The highest BCUT2D eigenvalue weighted by Gasteiger charge is 2.18. The van der Waals surface area contributed by atoms with Crippen LogP contribution in [0.15, 0.2) is 66.7 Å². The molecule has 0 unspecified atom stereocenters. The average Bonchev–Trinajstić information content (AvgIpc) is 2.73. The van der Waals surface area contributed by atoms with Gasteiger partial charge in [0.25, 0.3) is 0 Å². The van der Waals surface area contributed by atoms with Gasteiger partial charge in [-0.2, -0.15) is 0 Å². The highest BCUT2D eigenvalue weighted by atomic mass is 16.5. The topological polar surface area (TPSA) is 44.8 Å². The van der Waals surface area contributed by atoms with Crippen molar-refractivity contribution in [1.29, 1.82) is 0 Å². The van der Waals surface area contributed by atoms with Crippen molar-refractivity contribution in [3.05, 3.63) is 89.0 Å². The van der Waals surface area contributed by atoms with Crippen LogP contribution < -0.4 is 14.2 Å². The van der Waals surface area contributed by atoms with E-state index in [9.17, 15) is 4.79 Å². The molecule has 3 aromatic carbocycles. The molecule has 0 aromatic heterocycles. The normalized spacial score (nSPS) is 10.3. The number of benzene rings is 3. The monoisotopic (exact) mass is 362 g/mol. The minimum atomic E-state index is 0.353. The van der Waals surface area contributed by atoms with Crippen molar-refractivity contribution in [1.82, 2.24) is 0 Å². The molecule has 3 aromatic rings. The van der Waals surface area contributed by atoms with Crippen LogP contribution in [0, 0.1) is 6.92 Å². The van der Waals surface area contributed by atoms with E-state index < -0.39 is 0 Å². The van der Waals surface area contributed by atoms with E-state index in [0.717, 1.165) is 23.0 Å². The summed E-state index contributed by atoms with van der Waals surface area (Å²) in [6.07, 6.45) is 0.757. The first-order chi connectivity index (χ1) is 13.2. The van der Waals surface area contributed by atoms with E-state index in [1.165, 1.54) is 7.11 Å². The van der Waals surface area contributed by atoms with Crippen molar-refractivity contribution in [3.8, 4) is 17.2 Å². The molecular formula is C23H22O4. The molecule has 0 saturated carbocycles. The van der Waals surface area contributed by atoms with E-state index in [1.807, 2.05) is 67.6 Å². The zero-order valence-corrected chi connectivity index (χ0v) is 15.5. The second-order valence-electron chi connectivity index (χ2n) is 6.11. The molecule has 138 valence electrons. The fourth-order valence-electron chi connectivity index (χ4n) is 2.85. The SMILES string of the molecule is COc1c(C)c(OCc2ccccc2)cc(OCc2ccccc2)c1C=O. The van der Waals surface area contributed by atoms with Crippen molar-refractivity contribution < 1.29 is 19.0 Å². The van der Waals surface area contributed by atoms with Crippen LogP contribution in [0.3, 0.4) is 0 Å². The summed E-state index contributed by atoms with van der Waals surface area (Å²) in [5.74, 6) is 1.54. The first kappa shape index (κ1) is 18.5. The molecule has 0 N–H and O–H groups in total. The summed E-state index contributed by atoms with van der Waals surface area (Å²) >= 11 is 0. The molecule has 0 aliphatic heterocycles. The van der Waals surface area contributed by atoms with Crippen molar-refractivity contribution in [2.24, 2.45) is 0 Å². The smallest absolute Gasteiger partial charge is 0.157 e. The third-order valence-electron chi connectivity index (χ3n) is 4.28. The lowest BCUT2D eigenvalue weighted by Crippen LogP contribution is -2.04. The number of aldehydes is 1. The minimum Gasteiger partial charge on any atom is -0.495 e. The zero-order chi connectivity index (χ0) is 19.1. The molecule has 0 bridgehead atoms. The summed E-state index contributed by atoms with van der Waals surface area (Å²) in [6.45, 7) is 2.64. The van der Waals surface area contributed by atoms with Crippen molar-refractivity contribution in [2.45, 2.75) is 20.1 Å². The van der Waals surface area contributed by atoms with Gasteiger partial charge in [-0.05, 0) is 18.1 Å². The Morgan fingerprint density at radius 2 is 1.33 bits per heavy atom. The van der Waals surface area contributed by atoms with Crippen LogP contribution in [0.5, 0.6) is 17.2 Å². The Hall–Kier alpha value is -3.27. The van der Waals surface area contributed by atoms with Gasteiger partial charge in [0.05, 0.1) is 12.7 Å². The second kappa shape index (κ2) is 8.90. The van der Waals surface area contributed by atoms with Gasteiger partial charge in [-0.15, -0.1) is 0 Å². The summed E-state index contributed by atoms with van der Waals surface area (Å²) in [5, 5.41) is 0. The number of carbonyl (C=O) groups is 1. The van der Waals surface area contributed by atoms with Gasteiger partial charge in [-0.25, -0.2) is 0 Å². The van der Waals surface area contributed by atoms with Gasteiger partial charge in [0.2, 0.25) is 0 Å². The molecule has 0 heterocycles. The standard InChI is InChI=1S/C23H22O4/c1-17-21(26-15-18-9-5-3-6-10-18)13-22(20(14-24)23(17)25-2)27-16-19-11-7-4-8-12-19/h3-14H,15-16H2,1-2H3. The molecular weight excluding hydrogens is 340 g/mol. The predicted octanol–water partition coefficient (Wildman–Crippen LogP) is 4.97. The molecule has 0 fully saturated rings. The maximum absolute atomic E-state index is 11.7. The Bertz CT molecular complexity index is 889. The molecule has 4 nitrogen and oxygen atoms in total. The number of hydrogen-bond donors (Lipinski definition) is 0. The molecule has 27 heavy (non-hydrogen) atoms. The van der Waals surface area contributed by atoms with Gasteiger partial charge in [-0.3, -0.25) is 4.79 Å². The molecule has 0 atom stereocenters. The third-order valence-corrected chi connectivity index (χ3v) is 4.28. The third kappa shape index (κ3) is 4.47. The van der Waals surface area contributed by atoms with Gasteiger partial charge in [0.1, 0.15) is 30.5 Å². The lowest BCUT2D eigenvalue weighted by molar-refractivity contribution is 0.111. The van der Waals surface area contributed by atoms with Crippen LogP contribution in [0.4, 0.5) is 0 Å². The summed E-state index contributed by atoms with van der Waals surface area (Å²) in [7, 11) is 1.54. The average molecular weight is 362 g/mol. The number of carbonyl (C=O) groups excluding carboxylic acids is 1. The number of hydrogen-bond acceptors (Lipinski definition) is 4. The Kier molecular flexibility index (Phi) is 6.10. The fraction of sp³-hybridized carbons (Fsp3) is 0.174. The van der Waals surface area contributed by atoms with Crippen LogP contribution in [0.2, 0.25) is 0 Å². The van der Waals surface area contributed by atoms with E-state index in [4.69, 9.17) is 14.2 Å². The molecule has 3 rings (SSSR count). The Balaban J connectivity index is 1.87. The number of ether oxygens (including phenoxy) is 3. The quantitative estimate of drug-likeness (QED) is 0.531. The maximum atomic E-state index is 11.7.